The van der Waals surface area contributed by atoms with E-state index in [0.717, 1.165) is 23.2 Å². The molecule has 1 atom stereocenters. The number of benzene rings is 1. The van der Waals surface area contributed by atoms with Crippen LogP contribution in [0.4, 0.5) is 23.2 Å². The van der Waals surface area contributed by atoms with Crippen LogP contribution in [0.3, 0.4) is 0 Å². The van der Waals surface area contributed by atoms with Gasteiger partial charge in [0, 0.05) is 12.2 Å². The van der Waals surface area contributed by atoms with Gasteiger partial charge in [-0.05, 0) is 30.7 Å². The first-order valence-corrected chi connectivity index (χ1v) is 7.54. The topological polar surface area (TPSA) is 75.4 Å². The molecule has 0 aliphatic carbocycles. The van der Waals surface area contributed by atoms with E-state index in [9.17, 15) is 32.3 Å². The maximum Gasteiger partial charge on any atom is 0.416 e. The summed E-state index contributed by atoms with van der Waals surface area (Å²) in [6.07, 6.45) is -3.66. The number of nitrogens with zero attached hydrogens (tertiary/aromatic N) is 3. The Balaban J connectivity index is 0.00000261. The van der Waals surface area contributed by atoms with Gasteiger partial charge in [0.15, 0.2) is 0 Å². The molecule has 1 aromatic heterocycles. The van der Waals surface area contributed by atoms with Gasteiger partial charge in [0.05, 0.1) is 17.8 Å². The van der Waals surface area contributed by atoms with Gasteiger partial charge >= 0.3 is 12.1 Å². The third kappa shape index (κ3) is 3.51. The Morgan fingerprint density at radius 1 is 1.37 bits per heavy atom. The molecule has 0 fully saturated rings. The first kappa shape index (κ1) is 20.7. The van der Waals surface area contributed by atoms with E-state index in [4.69, 9.17) is 0 Å². The first-order chi connectivity index (χ1) is 12.1. The molecule has 1 aliphatic rings. The van der Waals surface area contributed by atoms with Crippen LogP contribution in [-0.4, -0.2) is 33.3 Å². The number of rotatable bonds is 3. The molecule has 0 bridgehead atoms. The molecule has 0 spiro atoms. The highest BCUT2D eigenvalue weighted by Gasteiger charge is 2.37. The van der Waals surface area contributed by atoms with E-state index in [1.54, 1.807) is 6.92 Å². The van der Waals surface area contributed by atoms with Crippen molar-refractivity contribution < 1.29 is 32.3 Å². The highest BCUT2D eigenvalue weighted by molar-refractivity contribution is 7.59. The molecule has 1 amide bonds. The predicted octanol–water partition coefficient (Wildman–Crippen LogP) is 3.40. The normalized spacial score (nSPS) is 16.7. The Morgan fingerprint density at radius 3 is 2.59 bits per heavy atom. The lowest BCUT2D eigenvalue weighted by atomic mass is 10.0. The number of hydrogen-bond donors (Lipinski definition) is 1. The van der Waals surface area contributed by atoms with Crippen LogP contribution in [0, 0.1) is 0 Å². The van der Waals surface area contributed by atoms with E-state index < -0.39 is 41.9 Å². The van der Waals surface area contributed by atoms with Gasteiger partial charge in [0.1, 0.15) is 17.9 Å². The zero-order valence-corrected chi connectivity index (χ0v) is 14.9. The third-order valence-corrected chi connectivity index (χ3v) is 4.19. The minimum absolute atomic E-state index is 0. The number of amides is 1. The maximum absolute atomic E-state index is 13.1. The van der Waals surface area contributed by atoms with Crippen LogP contribution < -0.4 is 4.90 Å². The molecule has 1 aromatic carbocycles. The molecule has 0 saturated heterocycles. The summed E-state index contributed by atoms with van der Waals surface area (Å²) in [6.45, 7) is 0.393. The zero-order chi connectivity index (χ0) is 19.2. The monoisotopic (exact) mass is 405 g/mol. The minimum atomic E-state index is -4.71. The summed E-state index contributed by atoms with van der Waals surface area (Å²) in [5.41, 5.74) is -2.11. The van der Waals surface area contributed by atoms with Crippen LogP contribution in [0.2, 0.25) is 0 Å². The number of carboxylic acid groups (broad SMARTS) is 1. The second-order valence-corrected chi connectivity index (χ2v) is 5.89. The average molecular weight is 405 g/mol. The number of carbonyl (C=O) groups excluding carboxylic acids is 1. The predicted molar refractivity (Wildman–Crippen MR) is 92.2 cm³/mol. The van der Waals surface area contributed by atoms with Crippen LogP contribution in [0.5, 0.6) is 0 Å². The van der Waals surface area contributed by atoms with E-state index in [1.807, 2.05) is 0 Å². The molecule has 0 saturated carbocycles. The number of carboxylic acids is 1. The van der Waals surface area contributed by atoms with Crippen molar-refractivity contribution in [2.24, 2.45) is 0 Å². The van der Waals surface area contributed by atoms with Gasteiger partial charge in [-0.3, -0.25) is 9.48 Å². The van der Waals surface area contributed by atoms with Crippen LogP contribution in [0.15, 0.2) is 24.4 Å². The molecular weight excluding hydrogens is 390 g/mol. The fourth-order valence-corrected chi connectivity index (χ4v) is 2.98. The molecular formula is C16H15F4N3O3S. The maximum atomic E-state index is 13.1. The summed E-state index contributed by atoms with van der Waals surface area (Å²) in [7, 11) is 0. The molecule has 1 aliphatic heterocycles. The van der Waals surface area contributed by atoms with Crippen molar-refractivity contribution in [2.45, 2.75) is 25.8 Å². The fourth-order valence-electron chi connectivity index (χ4n) is 2.98. The van der Waals surface area contributed by atoms with E-state index in [0.29, 0.717) is 6.07 Å². The molecule has 2 heterocycles. The van der Waals surface area contributed by atoms with E-state index in [1.165, 1.54) is 4.68 Å². The van der Waals surface area contributed by atoms with Crippen molar-refractivity contribution in [3.8, 4) is 0 Å². The minimum Gasteiger partial charge on any atom is -0.478 e. The largest absolute Gasteiger partial charge is 0.478 e. The van der Waals surface area contributed by atoms with Gasteiger partial charge in [-0.2, -0.15) is 31.8 Å². The van der Waals surface area contributed by atoms with Crippen molar-refractivity contribution in [3.63, 3.8) is 0 Å². The summed E-state index contributed by atoms with van der Waals surface area (Å²) in [5, 5.41) is 13.1. The SMILES string of the molecule is C[C@H]1CN(c2ccc(C(F)(F)F)c(CF)c2)C(=O)c2c(C(=O)O)cnn21.S. The molecule has 2 aromatic rings. The second-order valence-electron chi connectivity index (χ2n) is 5.89. The number of aromatic carboxylic acids is 1. The third-order valence-electron chi connectivity index (χ3n) is 4.19. The Morgan fingerprint density at radius 2 is 2.04 bits per heavy atom. The van der Waals surface area contributed by atoms with Crippen LogP contribution >= 0.6 is 13.5 Å². The van der Waals surface area contributed by atoms with E-state index in [-0.39, 0.29) is 37.0 Å². The number of fused-ring (bicyclic) bond motifs is 1. The van der Waals surface area contributed by atoms with Crippen molar-refractivity contribution in [1.82, 2.24) is 9.78 Å². The summed E-state index contributed by atoms with van der Waals surface area (Å²) < 4.78 is 53.1. The molecule has 6 nitrogen and oxygen atoms in total. The lowest BCUT2D eigenvalue weighted by Crippen LogP contribution is -2.43. The fraction of sp³-hybridized carbons (Fsp3) is 0.312. The van der Waals surface area contributed by atoms with Crippen LogP contribution in [0.25, 0.3) is 0 Å². The summed E-state index contributed by atoms with van der Waals surface area (Å²) in [5.74, 6) is -2.06. The number of carbonyl (C=O) groups is 2. The molecule has 3 rings (SSSR count). The number of anilines is 1. The van der Waals surface area contributed by atoms with Gasteiger partial charge in [-0.1, -0.05) is 0 Å². The first-order valence-electron chi connectivity index (χ1n) is 7.54. The quantitative estimate of drug-likeness (QED) is 0.795. The molecule has 1 N–H and O–H groups in total. The zero-order valence-electron chi connectivity index (χ0n) is 13.9. The second kappa shape index (κ2) is 7.22. The summed E-state index contributed by atoms with van der Waals surface area (Å²) >= 11 is 0. The van der Waals surface area contributed by atoms with Gasteiger partial charge in [-0.25, -0.2) is 9.18 Å². The highest BCUT2D eigenvalue weighted by Crippen LogP contribution is 2.36. The average Bonchev–Trinajstić information content (AvgIpc) is 3.03. The number of alkyl halides is 4. The summed E-state index contributed by atoms with van der Waals surface area (Å²) in [6, 6.07) is 2.33. The van der Waals surface area contributed by atoms with Crippen LogP contribution in [0.1, 0.15) is 44.9 Å². The van der Waals surface area contributed by atoms with Crippen molar-refractivity contribution >= 4 is 31.1 Å². The molecule has 11 heteroatoms. The van der Waals surface area contributed by atoms with Gasteiger partial charge < -0.3 is 10.0 Å². The van der Waals surface area contributed by atoms with E-state index in [2.05, 4.69) is 5.10 Å². The molecule has 146 valence electrons. The van der Waals surface area contributed by atoms with Crippen molar-refractivity contribution in [3.05, 3.63) is 46.8 Å². The molecule has 27 heavy (non-hydrogen) atoms. The van der Waals surface area contributed by atoms with Gasteiger partial charge in [0.2, 0.25) is 0 Å². The Hall–Kier alpha value is -2.56. The lowest BCUT2D eigenvalue weighted by molar-refractivity contribution is -0.138. The van der Waals surface area contributed by atoms with Crippen molar-refractivity contribution in [1.29, 1.82) is 0 Å². The number of hydrogen-bond acceptors (Lipinski definition) is 3. The van der Waals surface area contributed by atoms with Gasteiger partial charge in [0.25, 0.3) is 5.91 Å². The highest BCUT2D eigenvalue weighted by atomic mass is 32.1. The van der Waals surface area contributed by atoms with E-state index >= 15 is 0 Å². The lowest BCUT2D eigenvalue weighted by Gasteiger charge is -2.32. The number of aromatic nitrogens is 2. The smallest absolute Gasteiger partial charge is 0.416 e. The Kier molecular flexibility index (Phi) is 5.55. The molecule has 0 unspecified atom stereocenters. The van der Waals surface area contributed by atoms with Gasteiger partial charge in [-0.15, -0.1) is 0 Å². The molecule has 0 radical (unpaired) electrons. The van der Waals surface area contributed by atoms with Crippen LogP contribution in [-0.2, 0) is 12.9 Å². The summed E-state index contributed by atoms with van der Waals surface area (Å²) in [4.78, 5) is 25.1. The number of halogens is 4. The standard InChI is InChI=1S/C16H13F4N3O3.H2S/c1-8-7-22(14(24)13-11(15(25)26)6-21-23(8)13)10-2-3-12(16(18,19)20)9(4-10)5-17;/h2-4,6,8H,5,7H2,1H3,(H,25,26);1H2/t8-;/m0./s1. The van der Waals surface area contributed by atoms with Crippen molar-refractivity contribution in [2.75, 3.05) is 11.4 Å². The Labute approximate surface area is 157 Å². The Bertz CT molecular complexity index is 898.